The molecule has 0 spiro atoms. The fraction of sp³-hybridized carbons (Fsp3) is 0.304. The fourth-order valence-electron chi connectivity index (χ4n) is 3.63. The van der Waals surface area contributed by atoms with Crippen LogP contribution in [-0.4, -0.2) is 35.0 Å². The number of hydrogen-bond donors (Lipinski definition) is 0. The summed E-state index contributed by atoms with van der Waals surface area (Å²) in [5, 5.41) is 1.70. The van der Waals surface area contributed by atoms with Gasteiger partial charge < -0.3 is 9.64 Å². The van der Waals surface area contributed by atoms with Crippen molar-refractivity contribution >= 4 is 28.4 Å². The molecule has 1 aliphatic heterocycles. The van der Waals surface area contributed by atoms with Crippen LogP contribution >= 0.6 is 11.6 Å². The number of benzene rings is 2. The second-order valence-corrected chi connectivity index (χ2v) is 7.52. The van der Waals surface area contributed by atoms with Crippen molar-refractivity contribution in [3.05, 3.63) is 59.8 Å². The van der Waals surface area contributed by atoms with E-state index in [0.29, 0.717) is 17.2 Å². The molecular weight excluding hydrogens is 372 g/mol. The molecule has 144 valence electrons. The highest BCUT2D eigenvalue weighted by Crippen LogP contribution is 2.33. The largest absolute Gasteiger partial charge is 0.489 e. The Hall–Kier alpha value is -2.59. The van der Waals surface area contributed by atoms with E-state index in [2.05, 4.69) is 17.1 Å². The zero-order valence-electron chi connectivity index (χ0n) is 15.9. The number of likely N-dealkylation sites (tertiary alicyclic amines) is 1. The molecule has 1 aliphatic rings. The van der Waals surface area contributed by atoms with E-state index < -0.39 is 0 Å². The van der Waals surface area contributed by atoms with E-state index >= 15 is 0 Å². The molecule has 0 aliphatic carbocycles. The number of carbonyl (C=O) groups is 1. The molecule has 0 bridgehead atoms. The summed E-state index contributed by atoms with van der Waals surface area (Å²) < 4.78 is 6.12. The van der Waals surface area contributed by atoms with E-state index in [1.165, 1.54) is 0 Å². The van der Waals surface area contributed by atoms with Gasteiger partial charge in [-0.05, 0) is 29.8 Å². The first kappa shape index (κ1) is 18.8. The van der Waals surface area contributed by atoms with Crippen LogP contribution in [0.5, 0.6) is 5.75 Å². The molecule has 0 N–H and O–H groups in total. The van der Waals surface area contributed by atoms with Gasteiger partial charge in [-0.15, -0.1) is 0 Å². The Morgan fingerprint density at radius 2 is 1.93 bits per heavy atom. The predicted octanol–water partition coefficient (Wildman–Crippen LogP) is 5.34. The second-order valence-electron chi connectivity index (χ2n) is 7.11. The van der Waals surface area contributed by atoms with Crippen molar-refractivity contribution in [3.63, 3.8) is 0 Å². The lowest BCUT2D eigenvalue weighted by Gasteiger charge is -2.32. The van der Waals surface area contributed by atoms with E-state index in [9.17, 15) is 4.79 Å². The quantitative estimate of drug-likeness (QED) is 0.600. The standard InChI is InChI=1S/C23H23ClN2O2/c1-2-23(27)26-11-9-19(10-12-26)28-22-8-7-16(14-20(22)24)18-13-17-5-3-4-6-21(17)25-15-18/h3-8,13-15,19H,2,9-12H2,1H3. The number of aromatic nitrogens is 1. The third-order valence-corrected chi connectivity index (χ3v) is 5.54. The maximum absolute atomic E-state index is 11.8. The lowest BCUT2D eigenvalue weighted by atomic mass is 10.0. The smallest absolute Gasteiger partial charge is 0.222 e. The van der Waals surface area contributed by atoms with Gasteiger partial charge in [-0.25, -0.2) is 0 Å². The van der Waals surface area contributed by atoms with Gasteiger partial charge in [-0.2, -0.15) is 0 Å². The molecule has 0 radical (unpaired) electrons. The number of rotatable bonds is 4. The van der Waals surface area contributed by atoms with Crippen molar-refractivity contribution in [1.82, 2.24) is 9.88 Å². The second kappa shape index (κ2) is 8.19. The van der Waals surface area contributed by atoms with Gasteiger partial charge in [0.15, 0.2) is 0 Å². The van der Waals surface area contributed by atoms with E-state index in [0.717, 1.165) is 48.0 Å². The third kappa shape index (κ3) is 3.97. The number of ether oxygens (including phenoxy) is 1. The number of hydrogen-bond acceptors (Lipinski definition) is 3. The van der Waals surface area contributed by atoms with Gasteiger partial charge >= 0.3 is 0 Å². The zero-order valence-corrected chi connectivity index (χ0v) is 16.7. The minimum absolute atomic E-state index is 0.0894. The average Bonchev–Trinajstić information content (AvgIpc) is 2.74. The molecule has 3 aromatic rings. The van der Waals surface area contributed by atoms with Gasteiger partial charge in [0.2, 0.25) is 5.91 Å². The highest BCUT2D eigenvalue weighted by Gasteiger charge is 2.23. The van der Waals surface area contributed by atoms with Crippen LogP contribution in [0, 0.1) is 0 Å². The number of amides is 1. The summed E-state index contributed by atoms with van der Waals surface area (Å²) in [6.45, 7) is 3.39. The summed E-state index contributed by atoms with van der Waals surface area (Å²) in [5.74, 6) is 0.907. The van der Waals surface area contributed by atoms with Crippen LogP contribution in [0.1, 0.15) is 26.2 Å². The summed E-state index contributed by atoms with van der Waals surface area (Å²) in [5.41, 5.74) is 3.02. The Morgan fingerprint density at radius 1 is 1.14 bits per heavy atom. The lowest BCUT2D eigenvalue weighted by molar-refractivity contribution is -0.132. The molecule has 2 heterocycles. The Morgan fingerprint density at radius 3 is 2.68 bits per heavy atom. The molecule has 0 atom stereocenters. The summed E-state index contributed by atoms with van der Waals surface area (Å²) in [7, 11) is 0. The molecule has 4 rings (SSSR count). The maximum atomic E-state index is 11.8. The maximum Gasteiger partial charge on any atom is 0.222 e. The Labute approximate surface area is 170 Å². The van der Waals surface area contributed by atoms with Crippen molar-refractivity contribution in [3.8, 4) is 16.9 Å². The topological polar surface area (TPSA) is 42.4 Å². The van der Waals surface area contributed by atoms with Crippen LogP contribution in [0.3, 0.4) is 0 Å². The van der Waals surface area contributed by atoms with E-state index in [1.807, 2.05) is 54.4 Å². The normalized spacial score (nSPS) is 15.0. The Bertz CT molecular complexity index is 997. The van der Waals surface area contributed by atoms with Crippen molar-refractivity contribution in [2.24, 2.45) is 0 Å². The summed E-state index contributed by atoms with van der Waals surface area (Å²) in [6.07, 6.45) is 4.18. The van der Waals surface area contributed by atoms with Crippen LogP contribution in [-0.2, 0) is 4.79 Å². The first-order valence-corrected chi connectivity index (χ1v) is 10.1. The van der Waals surface area contributed by atoms with E-state index in [4.69, 9.17) is 16.3 Å². The Kier molecular flexibility index (Phi) is 5.49. The summed E-state index contributed by atoms with van der Waals surface area (Å²) in [6, 6.07) is 16.0. The lowest BCUT2D eigenvalue weighted by Crippen LogP contribution is -2.41. The highest BCUT2D eigenvalue weighted by molar-refractivity contribution is 6.32. The van der Waals surface area contributed by atoms with Crippen LogP contribution in [0.2, 0.25) is 5.02 Å². The number of nitrogens with zero attached hydrogens (tertiary/aromatic N) is 2. The van der Waals surface area contributed by atoms with Crippen molar-refractivity contribution in [2.45, 2.75) is 32.3 Å². The minimum atomic E-state index is 0.0894. The molecule has 1 aromatic heterocycles. The van der Waals surface area contributed by atoms with Crippen LogP contribution < -0.4 is 4.74 Å². The van der Waals surface area contributed by atoms with Gasteiger partial charge in [0, 0.05) is 49.5 Å². The molecule has 1 amide bonds. The molecule has 0 unspecified atom stereocenters. The molecule has 1 saturated heterocycles. The number of pyridine rings is 1. The summed E-state index contributed by atoms with van der Waals surface area (Å²) >= 11 is 6.51. The third-order valence-electron chi connectivity index (χ3n) is 5.25. The number of fused-ring (bicyclic) bond motifs is 1. The monoisotopic (exact) mass is 394 g/mol. The SMILES string of the molecule is CCC(=O)N1CCC(Oc2ccc(-c3cnc4ccccc4c3)cc2Cl)CC1. The first-order valence-electron chi connectivity index (χ1n) is 9.73. The van der Waals surface area contributed by atoms with E-state index in [1.54, 1.807) is 0 Å². The molecule has 4 nitrogen and oxygen atoms in total. The first-order chi connectivity index (χ1) is 13.6. The fourth-order valence-corrected chi connectivity index (χ4v) is 3.86. The van der Waals surface area contributed by atoms with Crippen LogP contribution in [0.25, 0.3) is 22.0 Å². The van der Waals surface area contributed by atoms with E-state index in [-0.39, 0.29) is 12.0 Å². The van der Waals surface area contributed by atoms with Gasteiger partial charge in [-0.3, -0.25) is 9.78 Å². The number of piperidine rings is 1. The van der Waals surface area contributed by atoms with Crippen molar-refractivity contribution < 1.29 is 9.53 Å². The van der Waals surface area contributed by atoms with Crippen LogP contribution in [0.4, 0.5) is 0 Å². The number of carbonyl (C=O) groups excluding carboxylic acids is 1. The minimum Gasteiger partial charge on any atom is -0.489 e. The molecule has 28 heavy (non-hydrogen) atoms. The van der Waals surface area contributed by atoms with Crippen molar-refractivity contribution in [1.29, 1.82) is 0 Å². The van der Waals surface area contributed by atoms with Crippen LogP contribution in [0.15, 0.2) is 54.7 Å². The van der Waals surface area contributed by atoms with Gasteiger partial charge in [0.1, 0.15) is 11.9 Å². The van der Waals surface area contributed by atoms with Crippen molar-refractivity contribution in [2.75, 3.05) is 13.1 Å². The zero-order chi connectivity index (χ0) is 19.5. The Balaban J connectivity index is 1.46. The number of halogens is 1. The predicted molar refractivity (Wildman–Crippen MR) is 113 cm³/mol. The molecule has 1 fully saturated rings. The molecule has 0 saturated carbocycles. The molecular formula is C23H23ClN2O2. The molecule has 5 heteroatoms. The average molecular weight is 395 g/mol. The highest BCUT2D eigenvalue weighted by atomic mass is 35.5. The van der Waals surface area contributed by atoms with Gasteiger partial charge in [-0.1, -0.05) is 42.8 Å². The number of para-hydroxylation sites is 1. The van der Waals surface area contributed by atoms with Gasteiger partial charge in [0.25, 0.3) is 0 Å². The molecule has 2 aromatic carbocycles. The summed E-state index contributed by atoms with van der Waals surface area (Å²) in [4.78, 5) is 18.2. The van der Waals surface area contributed by atoms with Gasteiger partial charge in [0.05, 0.1) is 10.5 Å².